The zero-order valence-electron chi connectivity index (χ0n) is 10.6. The van der Waals surface area contributed by atoms with Gasteiger partial charge in [-0.15, -0.1) is 0 Å². The SMILES string of the molecule is CC1CCCC(Oc2ncc(N)cc2C(N)=O)C1. The zero-order chi connectivity index (χ0) is 13.1. The van der Waals surface area contributed by atoms with E-state index in [0.717, 1.165) is 19.3 Å². The Kier molecular flexibility index (Phi) is 3.69. The minimum atomic E-state index is -0.561. The van der Waals surface area contributed by atoms with Crippen molar-refractivity contribution in [1.29, 1.82) is 0 Å². The van der Waals surface area contributed by atoms with Crippen LogP contribution in [0.2, 0.25) is 0 Å². The van der Waals surface area contributed by atoms with Gasteiger partial charge < -0.3 is 16.2 Å². The van der Waals surface area contributed by atoms with Gasteiger partial charge >= 0.3 is 0 Å². The summed E-state index contributed by atoms with van der Waals surface area (Å²) < 4.78 is 5.81. The molecule has 1 aromatic heterocycles. The first kappa shape index (κ1) is 12.7. The number of amides is 1. The Morgan fingerprint density at radius 2 is 2.28 bits per heavy atom. The minimum Gasteiger partial charge on any atom is -0.474 e. The molecule has 5 heteroatoms. The van der Waals surface area contributed by atoms with Crippen molar-refractivity contribution >= 4 is 11.6 Å². The van der Waals surface area contributed by atoms with Gasteiger partial charge in [0, 0.05) is 0 Å². The average Bonchev–Trinajstić information content (AvgIpc) is 2.31. The van der Waals surface area contributed by atoms with Gasteiger partial charge in [-0.1, -0.05) is 13.3 Å². The van der Waals surface area contributed by atoms with Gasteiger partial charge in [0.25, 0.3) is 5.91 Å². The second kappa shape index (κ2) is 5.25. The molecule has 2 unspecified atom stereocenters. The van der Waals surface area contributed by atoms with Crippen LogP contribution in [0.4, 0.5) is 5.69 Å². The van der Waals surface area contributed by atoms with Crippen LogP contribution in [0.15, 0.2) is 12.3 Å². The summed E-state index contributed by atoms with van der Waals surface area (Å²) in [5, 5.41) is 0. The van der Waals surface area contributed by atoms with Gasteiger partial charge in [0.15, 0.2) is 0 Å². The molecule has 0 aliphatic heterocycles. The highest BCUT2D eigenvalue weighted by Gasteiger charge is 2.22. The van der Waals surface area contributed by atoms with E-state index in [2.05, 4.69) is 11.9 Å². The molecule has 1 fully saturated rings. The van der Waals surface area contributed by atoms with E-state index in [4.69, 9.17) is 16.2 Å². The number of carbonyl (C=O) groups is 1. The summed E-state index contributed by atoms with van der Waals surface area (Å²) in [6, 6.07) is 1.51. The van der Waals surface area contributed by atoms with E-state index in [1.165, 1.54) is 18.7 Å². The molecule has 2 atom stereocenters. The average molecular weight is 249 g/mol. The number of rotatable bonds is 3. The largest absolute Gasteiger partial charge is 0.474 e. The van der Waals surface area contributed by atoms with E-state index < -0.39 is 5.91 Å². The first-order valence-corrected chi connectivity index (χ1v) is 6.28. The minimum absolute atomic E-state index is 0.114. The number of nitrogen functional groups attached to an aromatic ring is 1. The lowest BCUT2D eigenvalue weighted by atomic mass is 9.89. The predicted molar refractivity (Wildman–Crippen MR) is 69.2 cm³/mol. The lowest BCUT2D eigenvalue weighted by Gasteiger charge is -2.27. The summed E-state index contributed by atoms with van der Waals surface area (Å²) in [5.41, 5.74) is 11.6. The van der Waals surface area contributed by atoms with Crippen LogP contribution in [0, 0.1) is 5.92 Å². The molecule has 4 N–H and O–H groups in total. The third-order valence-electron chi connectivity index (χ3n) is 3.30. The van der Waals surface area contributed by atoms with Crippen molar-refractivity contribution < 1.29 is 9.53 Å². The van der Waals surface area contributed by atoms with Crippen molar-refractivity contribution in [2.75, 3.05) is 5.73 Å². The fraction of sp³-hybridized carbons (Fsp3) is 0.538. The van der Waals surface area contributed by atoms with E-state index in [9.17, 15) is 4.79 Å². The van der Waals surface area contributed by atoms with Crippen LogP contribution in [0.1, 0.15) is 43.0 Å². The van der Waals surface area contributed by atoms with Crippen LogP contribution >= 0.6 is 0 Å². The summed E-state index contributed by atoms with van der Waals surface area (Å²) in [4.78, 5) is 15.4. The quantitative estimate of drug-likeness (QED) is 0.853. The second-order valence-corrected chi connectivity index (χ2v) is 5.00. The molecular weight excluding hydrogens is 230 g/mol. The second-order valence-electron chi connectivity index (χ2n) is 5.00. The van der Waals surface area contributed by atoms with Gasteiger partial charge in [0.05, 0.1) is 11.9 Å². The molecule has 0 spiro atoms. The molecule has 0 aromatic carbocycles. The lowest BCUT2D eigenvalue weighted by molar-refractivity contribution is 0.0975. The summed E-state index contributed by atoms with van der Waals surface area (Å²) in [6.45, 7) is 2.21. The smallest absolute Gasteiger partial charge is 0.254 e. The maximum absolute atomic E-state index is 11.3. The van der Waals surface area contributed by atoms with Crippen molar-refractivity contribution in [3.63, 3.8) is 0 Å². The molecule has 5 nitrogen and oxygen atoms in total. The van der Waals surface area contributed by atoms with Crippen LogP contribution in [0.25, 0.3) is 0 Å². The Morgan fingerprint density at radius 3 is 2.94 bits per heavy atom. The van der Waals surface area contributed by atoms with Crippen molar-refractivity contribution in [3.05, 3.63) is 17.8 Å². The van der Waals surface area contributed by atoms with Crippen molar-refractivity contribution in [2.24, 2.45) is 11.7 Å². The summed E-state index contributed by atoms with van der Waals surface area (Å²) in [7, 11) is 0. The Hall–Kier alpha value is -1.78. The monoisotopic (exact) mass is 249 g/mol. The molecule has 0 saturated heterocycles. The number of primary amides is 1. The molecule has 1 aliphatic carbocycles. The molecule has 0 radical (unpaired) electrons. The molecule has 1 aromatic rings. The van der Waals surface area contributed by atoms with Gasteiger partial charge in [-0.3, -0.25) is 4.79 Å². The van der Waals surface area contributed by atoms with E-state index in [-0.39, 0.29) is 11.7 Å². The van der Waals surface area contributed by atoms with E-state index in [1.54, 1.807) is 0 Å². The molecule has 1 amide bonds. The van der Waals surface area contributed by atoms with Crippen LogP contribution in [-0.2, 0) is 0 Å². The summed E-state index contributed by atoms with van der Waals surface area (Å²) >= 11 is 0. The van der Waals surface area contributed by atoms with Crippen molar-refractivity contribution in [3.8, 4) is 5.88 Å². The predicted octanol–water partition coefficient (Wildman–Crippen LogP) is 1.72. The number of ether oxygens (including phenoxy) is 1. The highest BCUT2D eigenvalue weighted by atomic mass is 16.5. The van der Waals surface area contributed by atoms with Crippen LogP contribution in [-0.4, -0.2) is 17.0 Å². The first-order valence-electron chi connectivity index (χ1n) is 6.28. The van der Waals surface area contributed by atoms with Crippen molar-refractivity contribution in [2.45, 2.75) is 38.7 Å². The third-order valence-corrected chi connectivity index (χ3v) is 3.30. The molecule has 98 valence electrons. The van der Waals surface area contributed by atoms with E-state index in [0.29, 0.717) is 17.5 Å². The van der Waals surface area contributed by atoms with Crippen LogP contribution in [0.3, 0.4) is 0 Å². The molecule has 0 bridgehead atoms. The van der Waals surface area contributed by atoms with Crippen LogP contribution in [0.5, 0.6) is 5.88 Å². The Labute approximate surface area is 107 Å². The van der Waals surface area contributed by atoms with Gasteiger partial charge in [0.2, 0.25) is 5.88 Å². The number of aromatic nitrogens is 1. The molecule has 1 aliphatic rings. The first-order chi connectivity index (χ1) is 8.56. The summed E-state index contributed by atoms with van der Waals surface area (Å²) in [5.74, 6) is 0.388. The highest BCUT2D eigenvalue weighted by molar-refractivity contribution is 5.95. The maximum Gasteiger partial charge on any atom is 0.254 e. The van der Waals surface area contributed by atoms with E-state index >= 15 is 0 Å². The third kappa shape index (κ3) is 2.91. The van der Waals surface area contributed by atoms with Gasteiger partial charge in [0.1, 0.15) is 11.7 Å². The maximum atomic E-state index is 11.3. The molecule has 2 rings (SSSR count). The summed E-state index contributed by atoms with van der Waals surface area (Å²) in [6.07, 6.45) is 5.96. The number of carbonyl (C=O) groups excluding carboxylic acids is 1. The fourth-order valence-electron chi connectivity index (χ4n) is 2.38. The highest BCUT2D eigenvalue weighted by Crippen LogP contribution is 2.28. The molecule has 1 saturated carbocycles. The Morgan fingerprint density at radius 1 is 1.50 bits per heavy atom. The van der Waals surface area contributed by atoms with Crippen molar-refractivity contribution in [1.82, 2.24) is 4.98 Å². The standard InChI is InChI=1S/C13H19N3O2/c1-8-3-2-4-10(5-8)18-13-11(12(15)17)6-9(14)7-16-13/h6-8,10H,2-5,14H2,1H3,(H2,15,17). The Balaban J connectivity index is 2.15. The number of anilines is 1. The number of hydrogen-bond donors (Lipinski definition) is 2. The van der Waals surface area contributed by atoms with Gasteiger partial charge in [-0.05, 0) is 31.2 Å². The van der Waals surface area contributed by atoms with E-state index in [1.807, 2.05) is 0 Å². The lowest BCUT2D eigenvalue weighted by Crippen LogP contribution is -2.26. The number of nitrogens with zero attached hydrogens (tertiary/aromatic N) is 1. The fourth-order valence-corrected chi connectivity index (χ4v) is 2.38. The van der Waals surface area contributed by atoms with Gasteiger partial charge in [-0.25, -0.2) is 4.98 Å². The van der Waals surface area contributed by atoms with Gasteiger partial charge in [-0.2, -0.15) is 0 Å². The number of hydrogen-bond acceptors (Lipinski definition) is 4. The Bertz CT molecular complexity index is 448. The molecule has 18 heavy (non-hydrogen) atoms. The zero-order valence-corrected chi connectivity index (χ0v) is 10.6. The molecule has 1 heterocycles. The molecular formula is C13H19N3O2. The van der Waals surface area contributed by atoms with Crippen LogP contribution < -0.4 is 16.2 Å². The number of nitrogens with two attached hydrogens (primary N) is 2. The normalized spacial score (nSPS) is 23.6. The topological polar surface area (TPSA) is 91.2 Å². The number of pyridine rings is 1.